The van der Waals surface area contributed by atoms with Gasteiger partial charge < -0.3 is 19.8 Å². The fourth-order valence-corrected chi connectivity index (χ4v) is 3.74. The lowest BCUT2D eigenvalue weighted by molar-refractivity contribution is -0.139. The van der Waals surface area contributed by atoms with Gasteiger partial charge in [0.1, 0.15) is 11.3 Å². The van der Waals surface area contributed by atoms with Crippen LogP contribution in [-0.4, -0.2) is 27.1 Å². The number of nitrogens with zero attached hydrogens (tertiary/aromatic N) is 3. The summed E-state index contributed by atoms with van der Waals surface area (Å²) in [7, 11) is 0. The number of esters is 1. The van der Waals surface area contributed by atoms with Crippen LogP contribution in [0.25, 0.3) is 0 Å². The molecule has 1 aliphatic heterocycles. The van der Waals surface area contributed by atoms with E-state index >= 15 is 0 Å². The van der Waals surface area contributed by atoms with Gasteiger partial charge in [0.2, 0.25) is 5.88 Å². The molecule has 0 radical (unpaired) electrons. The highest BCUT2D eigenvalue weighted by Gasteiger charge is 2.38. The molecule has 0 bridgehead atoms. The minimum Gasteiger partial charge on any atom is -0.462 e. The highest BCUT2D eigenvalue weighted by Crippen LogP contribution is 2.41. The summed E-state index contributed by atoms with van der Waals surface area (Å²) in [6, 6.07) is 9.01. The summed E-state index contributed by atoms with van der Waals surface area (Å²) in [6.45, 7) is 4.03. The fourth-order valence-electron chi connectivity index (χ4n) is 3.74. The van der Waals surface area contributed by atoms with Crippen LogP contribution >= 0.6 is 0 Å². The van der Waals surface area contributed by atoms with Crippen LogP contribution in [-0.2, 0) is 16.1 Å². The first kappa shape index (κ1) is 20.3. The van der Waals surface area contributed by atoms with E-state index in [4.69, 9.17) is 15.2 Å². The first-order valence-corrected chi connectivity index (χ1v) is 9.89. The molecule has 158 valence electrons. The minimum absolute atomic E-state index is 0.0800. The first-order chi connectivity index (χ1) is 15.0. The van der Waals surface area contributed by atoms with Gasteiger partial charge in [-0.2, -0.15) is 0 Å². The van der Waals surface area contributed by atoms with Crippen LogP contribution < -0.4 is 16.0 Å². The van der Waals surface area contributed by atoms with Crippen molar-refractivity contribution in [2.75, 3.05) is 6.61 Å². The Morgan fingerprint density at radius 3 is 2.61 bits per heavy atom. The fraction of sp³-hybridized carbons (Fsp3) is 0.217. The Morgan fingerprint density at radius 1 is 1.23 bits per heavy atom. The second-order valence-corrected chi connectivity index (χ2v) is 7.14. The molecule has 0 saturated carbocycles. The summed E-state index contributed by atoms with van der Waals surface area (Å²) in [5.41, 5.74) is 8.49. The molecule has 1 atom stereocenters. The zero-order valence-corrected chi connectivity index (χ0v) is 17.2. The average Bonchev–Trinajstić information content (AvgIpc) is 2.77. The predicted molar refractivity (Wildman–Crippen MR) is 113 cm³/mol. The number of rotatable bonds is 5. The Bertz CT molecular complexity index is 1200. The summed E-state index contributed by atoms with van der Waals surface area (Å²) in [4.78, 5) is 34.7. The molecule has 0 spiro atoms. The van der Waals surface area contributed by atoms with E-state index in [1.807, 2.05) is 19.1 Å². The molecule has 4 heterocycles. The van der Waals surface area contributed by atoms with E-state index in [1.54, 1.807) is 54.5 Å². The van der Waals surface area contributed by atoms with E-state index in [1.165, 1.54) is 0 Å². The number of aryl methyl sites for hydroxylation is 1. The molecule has 2 N–H and O–H groups in total. The van der Waals surface area contributed by atoms with Crippen LogP contribution in [0.4, 0.5) is 0 Å². The highest BCUT2D eigenvalue weighted by atomic mass is 16.5. The molecular formula is C23H22N4O4. The lowest BCUT2D eigenvalue weighted by Gasteiger charge is -2.29. The molecule has 8 nitrogen and oxygen atoms in total. The molecule has 31 heavy (non-hydrogen) atoms. The Labute approximate surface area is 179 Å². The number of hydrogen-bond acceptors (Lipinski definition) is 7. The van der Waals surface area contributed by atoms with Crippen molar-refractivity contribution in [1.82, 2.24) is 14.5 Å². The quantitative estimate of drug-likeness (QED) is 0.633. The lowest BCUT2D eigenvalue weighted by Crippen LogP contribution is -2.35. The largest absolute Gasteiger partial charge is 0.462 e. The number of pyridine rings is 3. The number of carbonyl (C=O) groups is 1. The van der Waals surface area contributed by atoms with Crippen LogP contribution in [0.15, 0.2) is 71.4 Å². The van der Waals surface area contributed by atoms with Gasteiger partial charge in [-0.15, -0.1) is 0 Å². The van der Waals surface area contributed by atoms with Gasteiger partial charge >= 0.3 is 5.97 Å². The van der Waals surface area contributed by atoms with E-state index in [0.29, 0.717) is 29.1 Å². The van der Waals surface area contributed by atoms with Crippen LogP contribution in [0.1, 0.15) is 35.2 Å². The van der Waals surface area contributed by atoms with Gasteiger partial charge in [-0.25, -0.2) is 4.79 Å². The van der Waals surface area contributed by atoms with Gasteiger partial charge in [0.25, 0.3) is 5.56 Å². The van der Waals surface area contributed by atoms with Crippen LogP contribution in [0, 0.1) is 6.92 Å². The number of hydrogen-bond donors (Lipinski definition) is 1. The van der Waals surface area contributed by atoms with Crippen molar-refractivity contribution in [3.8, 4) is 5.75 Å². The second kappa shape index (κ2) is 8.43. The summed E-state index contributed by atoms with van der Waals surface area (Å²) < 4.78 is 12.6. The Kier molecular flexibility index (Phi) is 5.53. The number of fused-ring (bicyclic) bond motifs is 1. The molecule has 0 aliphatic carbocycles. The zero-order chi connectivity index (χ0) is 22.0. The van der Waals surface area contributed by atoms with E-state index in [0.717, 1.165) is 5.56 Å². The monoisotopic (exact) mass is 418 g/mol. The van der Waals surface area contributed by atoms with Gasteiger partial charge in [-0.3, -0.25) is 14.8 Å². The van der Waals surface area contributed by atoms with E-state index < -0.39 is 11.9 Å². The molecule has 3 aromatic heterocycles. The smallest absolute Gasteiger partial charge is 0.340 e. The molecule has 0 aromatic carbocycles. The van der Waals surface area contributed by atoms with E-state index in [-0.39, 0.29) is 23.6 Å². The van der Waals surface area contributed by atoms with Crippen molar-refractivity contribution < 1.29 is 14.3 Å². The third kappa shape index (κ3) is 3.79. The molecule has 8 heteroatoms. The summed E-state index contributed by atoms with van der Waals surface area (Å²) in [6.07, 6.45) is 6.62. The maximum atomic E-state index is 13.7. The number of aromatic nitrogens is 3. The molecule has 3 aromatic rings. The van der Waals surface area contributed by atoms with Crippen LogP contribution in [0.2, 0.25) is 0 Å². The normalized spacial score (nSPS) is 15.2. The molecular weight excluding hydrogens is 396 g/mol. The maximum absolute atomic E-state index is 13.7. The first-order valence-electron chi connectivity index (χ1n) is 9.89. The van der Waals surface area contributed by atoms with Crippen molar-refractivity contribution in [3.63, 3.8) is 0 Å². The van der Waals surface area contributed by atoms with Crippen LogP contribution in [0.5, 0.6) is 5.75 Å². The van der Waals surface area contributed by atoms with E-state index in [9.17, 15) is 9.59 Å². The van der Waals surface area contributed by atoms with Gasteiger partial charge in [-0.05, 0) is 37.1 Å². The minimum atomic E-state index is -0.759. The lowest BCUT2D eigenvalue weighted by atomic mass is 9.84. The zero-order valence-electron chi connectivity index (χ0n) is 17.2. The summed E-state index contributed by atoms with van der Waals surface area (Å²) in [5, 5.41) is 0. The molecule has 0 unspecified atom stereocenters. The Balaban J connectivity index is 1.92. The molecule has 0 fully saturated rings. The van der Waals surface area contributed by atoms with Crippen molar-refractivity contribution in [3.05, 3.63) is 99.3 Å². The number of ether oxygens (including phenoxy) is 2. The summed E-state index contributed by atoms with van der Waals surface area (Å²) in [5.74, 6) is -1.14. The second-order valence-electron chi connectivity index (χ2n) is 7.14. The third-order valence-electron chi connectivity index (χ3n) is 5.15. The summed E-state index contributed by atoms with van der Waals surface area (Å²) >= 11 is 0. The van der Waals surface area contributed by atoms with Crippen molar-refractivity contribution >= 4 is 5.97 Å². The third-order valence-corrected chi connectivity index (χ3v) is 5.15. The van der Waals surface area contributed by atoms with Crippen molar-refractivity contribution in [1.29, 1.82) is 0 Å². The topological polar surface area (TPSA) is 109 Å². The molecule has 0 saturated heterocycles. The standard InChI is InChI=1S/C23H22N4O4/c1-3-30-23(29)20-18(16-7-5-9-26-12-16)19-17(31-21(20)24)10-14(2)27(22(19)28)13-15-6-4-8-25-11-15/h4-12,18H,3,13,24H2,1-2H3/t18-/m0/s1. The molecule has 1 aliphatic rings. The van der Waals surface area contributed by atoms with Crippen molar-refractivity contribution in [2.24, 2.45) is 5.73 Å². The molecule has 0 amide bonds. The van der Waals surface area contributed by atoms with Gasteiger partial charge in [0.05, 0.1) is 24.6 Å². The Hall–Kier alpha value is -3.94. The van der Waals surface area contributed by atoms with E-state index in [2.05, 4.69) is 9.97 Å². The van der Waals surface area contributed by atoms with Gasteiger partial charge in [0, 0.05) is 36.5 Å². The highest BCUT2D eigenvalue weighted by molar-refractivity contribution is 5.92. The number of carbonyl (C=O) groups excluding carboxylic acids is 1. The number of nitrogens with two attached hydrogens (primary N) is 1. The van der Waals surface area contributed by atoms with Gasteiger partial charge in [-0.1, -0.05) is 12.1 Å². The Morgan fingerprint density at radius 2 is 1.97 bits per heavy atom. The van der Waals surface area contributed by atoms with Crippen LogP contribution in [0.3, 0.4) is 0 Å². The maximum Gasteiger partial charge on any atom is 0.340 e. The average molecular weight is 418 g/mol. The van der Waals surface area contributed by atoms with Crippen molar-refractivity contribution in [2.45, 2.75) is 26.3 Å². The predicted octanol–water partition coefficient (Wildman–Crippen LogP) is 2.25. The van der Waals surface area contributed by atoms with Gasteiger partial charge in [0.15, 0.2) is 0 Å². The SMILES string of the molecule is CCOC(=O)C1=C(N)Oc2cc(C)n(Cc3cccnc3)c(=O)c2[C@@H]1c1cccnc1. The molecule has 4 rings (SSSR count).